The Balaban J connectivity index is 2.34. The SMILES string of the molecule is CCNc1nccc(Oc2c(Cl)cccc2[N+](=O)[O-])n1. The number of ether oxygens (including phenoxy) is 1. The summed E-state index contributed by atoms with van der Waals surface area (Å²) in [5.41, 5.74) is -0.221. The van der Waals surface area contributed by atoms with Gasteiger partial charge in [-0.25, -0.2) is 4.98 Å². The number of anilines is 1. The molecule has 7 nitrogen and oxygen atoms in total. The first-order valence-corrected chi connectivity index (χ1v) is 6.17. The van der Waals surface area contributed by atoms with E-state index < -0.39 is 4.92 Å². The van der Waals surface area contributed by atoms with Gasteiger partial charge >= 0.3 is 5.69 Å². The van der Waals surface area contributed by atoms with Crippen LogP contribution in [0.4, 0.5) is 11.6 Å². The summed E-state index contributed by atoms with van der Waals surface area (Å²) in [5, 5.41) is 14.0. The molecule has 1 N–H and O–H groups in total. The normalized spacial score (nSPS) is 10.1. The monoisotopic (exact) mass is 294 g/mol. The van der Waals surface area contributed by atoms with Crippen molar-refractivity contribution in [1.82, 2.24) is 9.97 Å². The van der Waals surface area contributed by atoms with Crippen molar-refractivity contribution in [1.29, 1.82) is 0 Å². The Morgan fingerprint density at radius 2 is 2.25 bits per heavy atom. The summed E-state index contributed by atoms with van der Waals surface area (Å²) < 4.78 is 5.42. The molecule has 0 amide bonds. The van der Waals surface area contributed by atoms with Gasteiger partial charge in [0.25, 0.3) is 0 Å². The maximum Gasteiger partial charge on any atom is 0.313 e. The molecule has 0 aliphatic heterocycles. The molecule has 2 aromatic rings. The molecule has 104 valence electrons. The average molecular weight is 295 g/mol. The second kappa shape index (κ2) is 6.16. The van der Waals surface area contributed by atoms with Crippen LogP contribution in [-0.2, 0) is 0 Å². The minimum atomic E-state index is -0.562. The van der Waals surface area contributed by atoms with E-state index in [0.717, 1.165) is 0 Å². The third-order valence-corrected chi connectivity index (χ3v) is 2.61. The minimum Gasteiger partial charge on any atom is -0.430 e. The zero-order valence-corrected chi connectivity index (χ0v) is 11.3. The van der Waals surface area contributed by atoms with Gasteiger partial charge in [-0.3, -0.25) is 10.1 Å². The number of rotatable bonds is 5. The van der Waals surface area contributed by atoms with Crippen molar-refractivity contribution >= 4 is 23.2 Å². The molecule has 20 heavy (non-hydrogen) atoms. The lowest BCUT2D eigenvalue weighted by molar-refractivity contribution is -0.385. The number of nitrogens with one attached hydrogen (secondary N) is 1. The molecule has 0 aliphatic carbocycles. The maximum atomic E-state index is 11.0. The van der Waals surface area contributed by atoms with Crippen LogP contribution in [0, 0.1) is 10.1 Å². The van der Waals surface area contributed by atoms with E-state index in [1.807, 2.05) is 6.92 Å². The Morgan fingerprint density at radius 3 is 2.95 bits per heavy atom. The molecule has 1 aromatic carbocycles. The summed E-state index contributed by atoms with van der Waals surface area (Å²) in [7, 11) is 0. The van der Waals surface area contributed by atoms with E-state index in [1.54, 1.807) is 0 Å². The van der Waals surface area contributed by atoms with E-state index in [-0.39, 0.29) is 22.3 Å². The van der Waals surface area contributed by atoms with E-state index in [1.165, 1.54) is 30.5 Å². The van der Waals surface area contributed by atoms with Gasteiger partial charge in [-0.15, -0.1) is 0 Å². The fraction of sp³-hybridized carbons (Fsp3) is 0.167. The summed E-state index contributed by atoms with van der Waals surface area (Å²) in [6.45, 7) is 2.55. The van der Waals surface area contributed by atoms with E-state index >= 15 is 0 Å². The maximum absolute atomic E-state index is 11.0. The van der Waals surface area contributed by atoms with Gasteiger partial charge in [-0.2, -0.15) is 4.98 Å². The third kappa shape index (κ3) is 3.12. The molecule has 0 unspecified atom stereocenters. The molecule has 8 heteroatoms. The topological polar surface area (TPSA) is 90.2 Å². The lowest BCUT2D eigenvalue weighted by Gasteiger charge is -2.08. The molecule has 0 atom stereocenters. The van der Waals surface area contributed by atoms with E-state index in [9.17, 15) is 10.1 Å². The van der Waals surface area contributed by atoms with Crippen molar-refractivity contribution in [2.45, 2.75) is 6.92 Å². The molecule has 0 saturated carbocycles. The fourth-order valence-electron chi connectivity index (χ4n) is 1.49. The van der Waals surface area contributed by atoms with Crippen molar-refractivity contribution in [3.8, 4) is 11.6 Å². The molecule has 0 spiro atoms. The highest BCUT2D eigenvalue weighted by Gasteiger charge is 2.19. The summed E-state index contributed by atoms with van der Waals surface area (Å²) >= 11 is 5.94. The number of aromatic nitrogens is 2. The van der Waals surface area contributed by atoms with Crippen LogP contribution in [0.5, 0.6) is 11.6 Å². The molecule has 2 rings (SSSR count). The molecular weight excluding hydrogens is 284 g/mol. The Kier molecular flexibility index (Phi) is 4.31. The lowest BCUT2D eigenvalue weighted by atomic mass is 10.3. The van der Waals surface area contributed by atoms with Crippen LogP contribution < -0.4 is 10.1 Å². The van der Waals surface area contributed by atoms with Gasteiger partial charge < -0.3 is 10.1 Å². The molecule has 0 fully saturated rings. The van der Waals surface area contributed by atoms with Gasteiger partial charge in [-0.05, 0) is 13.0 Å². The summed E-state index contributed by atoms with van der Waals surface area (Å²) in [5.74, 6) is 0.507. The smallest absolute Gasteiger partial charge is 0.313 e. The van der Waals surface area contributed by atoms with E-state index in [0.29, 0.717) is 12.5 Å². The molecular formula is C12H11ClN4O3. The Hall–Kier alpha value is -2.41. The fourth-order valence-corrected chi connectivity index (χ4v) is 1.70. The minimum absolute atomic E-state index is 0.0414. The van der Waals surface area contributed by atoms with Crippen LogP contribution in [-0.4, -0.2) is 21.4 Å². The lowest BCUT2D eigenvalue weighted by Crippen LogP contribution is -2.02. The summed E-state index contributed by atoms with van der Waals surface area (Å²) in [4.78, 5) is 18.4. The molecule has 0 radical (unpaired) electrons. The van der Waals surface area contributed by atoms with Crippen molar-refractivity contribution in [3.63, 3.8) is 0 Å². The first-order chi connectivity index (χ1) is 9.61. The number of nitro groups is 1. The number of hydrogen-bond acceptors (Lipinski definition) is 6. The van der Waals surface area contributed by atoms with Gasteiger partial charge in [0.05, 0.1) is 9.95 Å². The number of hydrogen-bond donors (Lipinski definition) is 1. The number of para-hydroxylation sites is 1. The number of nitrogens with zero attached hydrogens (tertiary/aromatic N) is 3. The molecule has 0 saturated heterocycles. The van der Waals surface area contributed by atoms with Crippen molar-refractivity contribution in [2.75, 3.05) is 11.9 Å². The molecule has 1 heterocycles. The molecule has 0 aliphatic rings. The molecule has 0 bridgehead atoms. The predicted octanol–water partition coefficient (Wildman–Crippen LogP) is 3.26. The standard InChI is InChI=1S/C12H11ClN4O3/c1-2-14-12-15-7-6-10(16-12)20-11-8(13)4-3-5-9(11)17(18)19/h3-7H,2H2,1H3,(H,14,15,16). The first kappa shape index (κ1) is 14.0. The largest absolute Gasteiger partial charge is 0.430 e. The Morgan fingerprint density at radius 1 is 1.45 bits per heavy atom. The van der Waals surface area contributed by atoms with Gasteiger partial charge in [0.15, 0.2) is 0 Å². The second-order valence-electron chi connectivity index (χ2n) is 3.70. The van der Waals surface area contributed by atoms with Gasteiger partial charge in [0, 0.05) is 24.9 Å². The van der Waals surface area contributed by atoms with Crippen LogP contribution in [0.25, 0.3) is 0 Å². The van der Waals surface area contributed by atoms with E-state index in [2.05, 4.69) is 15.3 Å². The Bertz CT molecular complexity index is 636. The van der Waals surface area contributed by atoms with Crippen molar-refractivity contribution in [2.24, 2.45) is 0 Å². The average Bonchev–Trinajstić information content (AvgIpc) is 2.41. The van der Waals surface area contributed by atoms with Crippen molar-refractivity contribution < 1.29 is 9.66 Å². The zero-order valence-electron chi connectivity index (χ0n) is 10.5. The van der Waals surface area contributed by atoms with Crippen LogP contribution in [0.2, 0.25) is 5.02 Å². The molecule has 1 aromatic heterocycles. The quantitative estimate of drug-likeness (QED) is 0.672. The highest BCUT2D eigenvalue weighted by Crippen LogP contribution is 2.37. The highest BCUT2D eigenvalue weighted by atomic mass is 35.5. The van der Waals surface area contributed by atoms with Gasteiger partial charge in [-0.1, -0.05) is 17.7 Å². The first-order valence-electron chi connectivity index (χ1n) is 5.79. The number of benzene rings is 1. The summed E-state index contributed by atoms with van der Waals surface area (Å²) in [6, 6.07) is 5.80. The number of halogens is 1. The summed E-state index contributed by atoms with van der Waals surface area (Å²) in [6.07, 6.45) is 1.49. The highest BCUT2D eigenvalue weighted by molar-refractivity contribution is 6.32. The second-order valence-corrected chi connectivity index (χ2v) is 4.10. The third-order valence-electron chi connectivity index (χ3n) is 2.31. The Labute approximate surface area is 119 Å². The van der Waals surface area contributed by atoms with Crippen LogP contribution in [0.3, 0.4) is 0 Å². The van der Waals surface area contributed by atoms with Gasteiger partial charge in [0.2, 0.25) is 17.6 Å². The van der Waals surface area contributed by atoms with E-state index in [4.69, 9.17) is 16.3 Å². The predicted molar refractivity (Wildman–Crippen MR) is 74.4 cm³/mol. The number of nitro benzene ring substituents is 1. The van der Waals surface area contributed by atoms with Crippen LogP contribution in [0.15, 0.2) is 30.5 Å². The zero-order chi connectivity index (χ0) is 14.5. The van der Waals surface area contributed by atoms with Gasteiger partial charge in [0.1, 0.15) is 0 Å². The van der Waals surface area contributed by atoms with Crippen LogP contribution >= 0.6 is 11.6 Å². The van der Waals surface area contributed by atoms with Crippen molar-refractivity contribution in [3.05, 3.63) is 45.6 Å². The van der Waals surface area contributed by atoms with Crippen LogP contribution in [0.1, 0.15) is 6.92 Å².